The second kappa shape index (κ2) is 24.8. The van der Waals surface area contributed by atoms with Gasteiger partial charge in [0.15, 0.2) is 0 Å². The summed E-state index contributed by atoms with van der Waals surface area (Å²) in [5.41, 5.74) is 14.2. The summed E-state index contributed by atoms with van der Waals surface area (Å²) < 4.78 is 0. The van der Waals surface area contributed by atoms with Gasteiger partial charge in [-0.15, -0.1) is 13.0 Å². The van der Waals surface area contributed by atoms with Gasteiger partial charge in [-0.3, -0.25) is 0 Å². The fourth-order valence-electron chi connectivity index (χ4n) is 6.12. The molecule has 2 aromatic rings. The third-order valence-corrected chi connectivity index (χ3v) is 9.37. The molecule has 0 aliphatic heterocycles. The van der Waals surface area contributed by atoms with Crippen LogP contribution in [0.1, 0.15) is 141 Å². The molecular weight excluding hydrogens is 565 g/mol. The van der Waals surface area contributed by atoms with Gasteiger partial charge in [0, 0.05) is 11.8 Å². The van der Waals surface area contributed by atoms with Crippen LogP contribution in [0.2, 0.25) is 0 Å². The quantitative estimate of drug-likeness (QED) is 0.180. The normalized spacial score (nSPS) is 15.7. The summed E-state index contributed by atoms with van der Waals surface area (Å²) in [4.78, 5) is 0. The van der Waals surface area contributed by atoms with E-state index in [0.29, 0.717) is 5.92 Å². The molecule has 0 amide bonds. The van der Waals surface area contributed by atoms with Crippen molar-refractivity contribution >= 4 is 0 Å². The molecular formula is C47H70. The Kier molecular flexibility index (Phi) is 23.1. The van der Waals surface area contributed by atoms with Crippen LogP contribution in [0.15, 0.2) is 90.6 Å². The molecule has 2 aromatic carbocycles. The van der Waals surface area contributed by atoms with E-state index in [0.717, 1.165) is 18.8 Å². The Morgan fingerprint density at radius 2 is 1.64 bits per heavy atom. The summed E-state index contributed by atoms with van der Waals surface area (Å²) in [7, 11) is 0. The molecule has 0 spiro atoms. The fourth-order valence-corrected chi connectivity index (χ4v) is 6.12. The predicted octanol–water partition coefficient (Wildman–Crippen LogP) is 14.7. The van der Waals surface area contributed by atoms with E-state index < -0.39 is 0 Å². The lowest BCUT2D eigenvalue weighted by Crippen LogP contribution is -2.04. The van der Waals surface area contributed by atoms with E-state index in [1.54, 1.807) is 11.6 Å². The minimum atomic E-state index is 0.181. The highest BCUT2D eigenvalue weighted by atomic mass is 14.3. The van der Waals surface area contributed by atoms with Crippen LogP contribution in [0, 0.1) is 38.0 Å². The minimum Gasteiger partial charge on any atom is -0.119 e. The first-order chi connectivity index (χ1) is 22.5. The van der Waals surface area contributed by atoms with Crippen molar-refractivity contribution in [3.63, 3.8) is 0 Å². The van der Waals surface area contributed by atoms with Gasteiger partial charge < -0.3 is 0 Å². The second-order valence-corrected chi connectivity index (χ2v) is 13.0. The predicted molar refractivity (Wildman–Crippen MR) is 216 cm³/mol. The van der Waals surface area contributed by atoms with Gasteiger partial charge in [0.25, 0.3) is 0 Å². The summed E-state index contributed by atoms with van der Waals surface area (Å²) in [5, 5.41) is 0. The van der Waals surface area contributed by atoms with Gasteiger partial charge in [0.05, 0.1) is 0 Å². The van der Waals surface area contributed by atoms with Crippen LogP contribution < -0.4 is 0 Å². The second-order valence-electron chi connectivity index (χ2n) is 13.0. The van der Waals surface area contributed by atoms with Crippen molar-refractivity contribution in [3.05, 3.63) is 118 Å². The Labute approximate surface area is 293 Å². The minimum absolute atomic E-state index is 0.181. The smallest absolute Gasteiger partial charge is 0.0441 e. The van der Waals surface area contributed by atoms with E-state index in [1.807, 2.05) is 32.9 Å². The summed E-state index contributed by atoms with van der Waals surface area (Å²) in [6.07, 6.45) is 25.6. The third-order valence-electron chi connectivity index (χ3n) is 9.37. The molecule has 258 valence electrons. The van der Waals surface area contributed by atoms with Crippen LogP contribution in [-0.2, 0) is 12.8 Å². The Balaban J connectivity index is 0.00000187. The molecule has 1 saturated carbocycles. The van der Waals surface area contributed by atoms with Gasteiger partial charge in [-0.05, 0) is 145 Å². The molecule has 0 heterocycles. The number of aryl methyl sites for hydroxylation is 2. The number of rotatable bonds is 10. The van der Waals surface area contributed by atoms with E-state index in [4.69, 9.17) is 6.42 Å². The summed E-state index contributed by atoms with van der Waals surface area (Å²) >= 11 is 0. The first-order valence-corrected chi connectivity index (χ1v) is 18.3. The largest absolute Gasteiger partial charge is 0.119 e. The molecule has 0 radical (unpaired) electrons. The maximum Gasteiger partial charge on any atom is 0.0441 e. The van der Waals surface area contributed by atoms with Crippen molar-refractivity contribution in [2.75, 3.05) is 0 Å². The lowest BCUT2D eigenvalue weighted by atomic mass is 9.84. The first-order valence-electron chi connectivity index (χ1n) is 18.3. The molecule has 1 fully saturated rings. The Hall–Kier alpha value is -3.30. The third kappa shape index (κ3) is 14.6. The van der Waals surface area contributed by atoms with Crippen molar-refractivity contribution < 1.29 is 0 Å². The molecule has 0 N–H and O–H groups in total. The maximum atomic E-state index is 5.81. The van der Waals surface area contributed by atoms with Gasteiger partial charge in [0.1, 0.15) is 0 Å². The van der Waals surface area contributed by atoms with E-state index >= 15 is 0 Å². The molecule has 0 aromatic heterocycles. The van der Waals surface area contributed by atoms with E-state index in [9.17, 15) is 0 Å². The van der Waals surface area contributed by atoms with Crippen LogP contribution in [0.3, 0.4) is 0 Å². The lowest BCUT2D eigenvalue weighted by molar-refractivity contribution is 0.571. The highest BCUT2D eigenvalue weighted by Crippen LogP contribution is 2.37. The number of hydrogen-bond acceptors (Lipinski definition) is 0. The molecule has 0 heteroatoms. The van der Waals surface area contributed by atoms with Crippen molar-refractivity contribution in [3.8, 4) is 23.5 Å². The molecule has 47 heavy (non-hydrogen) atoms. The standard InChI is InChI=1S/C37H48.C4H8.C3H8.C3H6/c1-10-25(4)31(11-2)20-19-26(5)29(8)36-17-14-18-37(30(36)9)34-23-28(7)35(32(12-3)24-34)22-21-33-16-13-15-27(33)6;1-3-4-2;2*1-3-2/h2,10,14,17-19,23-24,29,31,33H,6,12-13,15-16,20-22H2,1,3-5,7-9H3;3-4H,1-2H3;3H2,1-2H3;3H,1H2,2H3/b25-10+,26-19+;4-3-;;. The monoisotopic (exact) mass is 635 g/mol. The van der Waals surface area contributed by atoms with Gasteiger partial charge in [-0.25, -0.2) is 0 Å². The number of allylic oxidation sites excluding steroid dienone is 8. The first kappa shape index (κ1) is 43.7. The molecule has 3 rings (SSSR count). The Bertz CT molecular complexity index is 1350. The van der Waals surface area contributed by atoms with Gasteiger partial charge in [-0.2, -0.15) is 0 Å². The summed E-state index contributed by atoms with van der Waals surface area (Å²) in [6.45, 7) is 33.5. The zero-order valence-electron chi connectivity index (χ0n) is 32.7. The number of terminal acetylenes is 1. The van der Waals surface area contributed by atoms with E-state index in [-0.39, 0.29) is 5.92 Å². The van der Waals surface area contributed by atoms with Crippen LogP contribution in [0.5, 0.6) is 0 Å². The van der Waals surface area contributed by atoms with Crippen LogP contribution in [0.4, 0.5) is 0 Å². The van der Waals surface area contributed by atoms with Crippen LogP contribution in [-0.4, -0.2) is 0 Å². The average Bonchev–Trinajstić information content (AvgIpc) is 3.48. The van der Waals surface area contributed by atoms with Gasteiger partial charge in [-0.1, -0.05) is 124 Å². The SMILES string of the molecule is C#CC(C/C=C(\C)C(C)c1cccc(-c2cc(C)c(CCC3CCCC3=C)c(CC)c2)c1C)/C(C)=C/C.C/C=C\C.C=CC.CCC. The van der Waals surface area contributed by atoms with Crippen molar-refractivity contribution in [2.24, 2.45) is 11.8 Å². The maximum absolute atomic E-state index is 5.81. The lowest BCUT2D eigenvalue weighted by Gasteiger charge is -2.21. The van der Waals surface area contributed by atoms with E-state index in [2.05, 4.69) is 124 Å². The van der Waals surface area contributed by atoms with Crippen LogP contribution >= 0.6 is 0 Å². The molecule has 1 aliphatic rings. The molecule has 0 saturated heterocycles. The summed E-state index contributed by atoms with van der Waals surface area (Å²) in [5.74, 6) is 4.22. The zero-order chi connectivity index (χ0) is 35.9. The Morgan fingerprint density at radius 1 is 1.02 bits per heavy atom. The molecule has 1 aliphatic carbocycles. The summed E-state index contributed by atoms with van der Waals surface area (Å²) in [6, 6.07) is 11.7. The van der Waals surface area contributed by atoms with Crippen molar-refractivity contribution in [1.82, 2.24) is 0 Å². The zero-order valence-corrected chi connectivity index (χ0v) is 32.7. The molecule has 0 bridgehead atoms. The van der Waals surface area contributed by atoms with Crippen molar-refractivity contribution in [1.29, 1.82) is 0 Å². The highest BCUT2D eigenvalue weighted by Gasteiger charge is 2.20. The van der Waals surface area contributed by atoms with Gasteiger partial charge in [0.2, 0.25) is 0 Å². The number of hydrogen-bond donors (Lipinski definition) is 0. The molecule has 0 nitrogen and oxygen atoms in total. The van der Waals surface area contributed by atoms with Crippen molar-refractivity contribution in [2.45, 2.75) is 140 Å². The van der Waals surface area contributed by atoms with Gasteiger partial charge >= 0.3 is 0 Å². The molecule has 3 unspecified atom stereocenters. The topological polar surface area (TPSA) is 0 Å². The fraction of sp³-hybridized carbons (Fsp3) is 0.489. The van der Waals surface area contributed by atoms with Crippen LogP contribution in [0.25, 0.3) is 11.1 Å². The molecule has 3 atom stereocenters. The van der Waals surface area contributed by atoms with E-state index in [1.165, 1.54) is 88.6 Å². The average molecular weight is 635 g/mol. The highest BCUT2D eigenvalue weighted by molar-refractivity contribution is 5.71. The number of benzene rings is 2. The Morgan fingerprint density at radius 3 is 2.13 bits per heavy atom.